The van der Waals surface area contributed by atoms with Crippen LogP contribution in [0.3, 0.4) is 0 Å². The van der Waals surface area contributed by atoms with Crippen molar-refractivity contribution < 1.29 is 14.3 Å². The van der Waals surface area contributed by atoms with Crippen LogP contribution in [0, 0.1) is 0 Å². The van der Waals surface area contributed by atoms with Crippen molar-refractivity contribution in [1.82, 2.24) is 10.3 Å². The SMILES string of the molecule is CCCC(=O)NCCOC(=O)Nc1ccncc1. The van der Waals surface area contributed by atoms with Crippen LogP contribution in [-0.4, -0.2) is 30.1 Å². The molecule has 1 aromatic heterocycles. The summed E-state index contributed by atoms with van der Waals surface area (Å²) >= 11 is 0. The number of rotatable bonds is 6. The molecule has 0 aromatic carbocycles. The molecule has 0 saturated heterocycles. The Morgan fingerprint density at radius 3 is 2.72 bits per heavy atom. The number of anilines is 1. The van der Waals surface area contributed by atoms with Crippen molar-refractivity contribution >= 4 is 17.7 Å². The zero-order chi connectivity index (χ0) is 13.2. The fraction of sp³-hybridized carbons (Fsp3) is 0.417. The Labute approximate surface area is 106 Å². The van der Waals surface area contributed by atoms with Gasteiger partial charge in [0.25, 0.3) is 0 Å². The van der Waals surface area contributed by atoms with E-state index >= 15 is 0 Å². The molecule has 0 unspecified atom stereocenters. The standard InChI is InChI=1S/C12H17N3O3/c1-2-3-11(16)14-8-9-18-12(17)15-10-4-6-13-7-5-10/h4-7H,2-3,8-9H2,1H3,(H,14,16)(H,13,15,17). The van der Waals surface area contributed by atoms with Crippen LogP contribution in [0.15, 0.2) is 24.5 Å². The van der Waals surface area contributed by atoms with Gasteiger partial charge in [0.1, 0.15) is 6.61 Å². The third-order valence-electron chi connectivity index (χ3n) is 2.06. The topological polar surface area (TPSA) is 80.3 Å². The molecule has 2 amide bonds. The molecule has 2 N–H and O–H groups in total. The Kier molecular flexibility index (Phi) is 6.24. The molecule has 0 fully saturated rings. The molecule has 0 spiro atoms. The summed E-state index contributed by atoms with van der Waals surface area (Å²) in [6, 6.07) is 3.31. The number of amides is 2. The average molecular weight is 251 g/mol. The largest absolute Gasteiger partial charge is 0.447 e. The maximum atomic E-state index is 11.3. The number of hydrogen-bond donors (Lipinski definition) is 2. The van der Waals surface area contributed by atoms with Gasteiger partial charge in [-0.05, 0) is 18.6 Å². The molecule has 1 heterocycles. The van der Waals surface area contributed by atoms with Gasteiger partial charge in [-0.25, -0.2) is 4.79 Å². The van der Waals surface area contributed by atoms with Crippen LogP contribution in [0.25, 0.3) is 0 Å². The average Bonchev–Trinajstić information content (AvgIpc) is 2.36. The van der Waals surface area contributed by atoms with E-state index in [1.165, 1.54) is 0 Å². The van der Waals surface area contributed by atoms with Crippen LogP contribution in [0.5, 0.6) is 0 Å². The van der Waals surface area contributed by atoms with Crippen LogP contribution in [0.2, 0.25) is 0 Å². The summed E-state index contributed by atoms with van der Waals surface area (Å²) in [7, 11) is 0. The molecule has 1 rings (SSSR count). The van der Waals surface area contributed by atoms with Crippen LogP contribution in [0.4, 0.5) is 10.5 Å². The Balaban J connectivity index is 2.12. The Bertz CT molecular complexity index is 381. The molecule has 6 nitrogen and oxygen atoms in total. The molecule has 98 valence electrons. The third kappa shape index (κ3) is 5.83. The lowest BCUT2D eigenvalue weighted by atomic mass is 10.3. The van der Waals surface area contributed by atoms with Crippen molar-refractivity contribution in [3.63, 3.8) is 0 Å². The number of aromatic nitrogens is 1. The monoisotopic (exact) mass is 251 g/mol. The van der Waals surface area contributed by atoms with Gasteiger partial charge in [0.15, 0.2) is 0 Å². The summed E-state index contributed by atoms with van der Waals surface area (Å²) in [6.45, 7) is 2.40. The van der Waals surface area contributed by atoms with E-state index in [9.17, 15) is 9.59 Å². The first kappa shape index (κ1) is 14.0. The number of carbonyl (C=O) groups excluding carboxylic acids is 2. The molecule has 6 heteroatoms. The van der Waals surface area contributed by atoms with Gasteiger partial charge in [-0.1, -0.05) is 6.92 Å². The van der Waals surface area contributed by atoms with Crippen LogP contribution in [-0.2, 0) is 9.53 Å². The summed E-state index contributed by atoms with van der Waals surface area (Å²) in [6.07, 6.45) is 3.88. The van der Waals surface area contributed by atoms with Crippen LogP contribution in [0.1, 0.15) is 19.8 Å². The van der Waals surface area contributed by atoms with E-state index < -0.39 is 6.09 Å². The van der Waals surface area contributed by atoms with Crippen molar-refractivity contribution in [2.75, 3.05) is 18.5 Å². The highest BCUT2D eigenvalue weighted by Crippen LogP contribution is 2.03. The van der Waals surface area contributed by atoms with Crippen molar-refractivity contribution in [3.05, 3.63) is 24.5 Å². The first-order valence-electron chi connectivity index (χ1n) is 5.83. The van der Waals surface area contributed by atoms with E-state index in [-0.39, 0.29) is 12.5 Å². The predicted molar refractivity (Wildman–Crippen MR) is 67.1 cm³/mol. The summed E-state index contributed by atoms with van der Waals surface area (Å²) in [5.74, 6) is -0.0318. The van der Waals surface area contributed by atoms with Gasteiger partial charge in [-0.15, -0.1) is 0 Å². The Hall–Kier alpha value is -2.11. The van der Waals surface area contributed by atoms with E-state index in [1.807, 2.05) is 6.92 Å². The minimum Gasteiger partial charge on any atom is -0.447 e. The molecule has 0 aliphatic heterocycles. The number of ether oxygens (including phenoxy) is 1. The highest BCUT2D eigenvalue weighted by atomic mass is 16.5. The minimum atomic E-state index is -0.550. The molecule has 18 heavy (non-hydrogen) atoms. The van der Waals surface area contributed by atoms with Crippen LogP contribution >= 0.6 is 0 Å². The van der Waals surface area contributed by atoms with Crippen molar-refractivity contribution in [1.29, 1.82) is 0 Å². The quantitative estimate of drug-likeness (QED) is 0.752. The van der Waals surface area contributed by atoms with Gasteiger partial charge in [-0.2, -0.15) is 0 Å². The fourth-order valence-electron chi connectivity index (χ4n) is 1.24. The Morgan fingerprint density at radius 1 is 1.33 bits per heavy atom. The summed E-state index contributed by atoms with van der Waals surface area (Å²) in [4.78, 5) is 26.2. The van der Waals surface area contributed by atoms with Gasteiger partial charge in [0.05, 0.1) is 6.54 Å². The van der Waals surface area contributed by atoms with E-state index in [2.05, 4.69) is 15.6 Å². The van der Waals surface area contributed by atoms with E-state index in [0.717, 1.165) is 6.42 Å². The zero-order valence-corrected chi connectivity index (χ0v) is 10.3. The molecular weight excluding hydrogens is 234 g/mol. The van der Waals surface area contributed by atoms with E-state index in [0.29, 0.717) is 18.7 Å². The second kappa shape index (κ2) is 8.05. The predicted octanol–water partition coefficient (Wildman–Crippen LogP) is 1.55. The number of nitrogens with one attached hydrogen (secondary N) is 2. The molecule has 0 bridgehead atoms. The summed E-state index contributed by atoms with van der Waals surface area (Å²) < 4.78 is 4.89. The summed E-state index contributed by atoms with van der Waals surface area (Å²) in [5.41, 5.74) is 0.616. The lowest BCUT2D eigenvalue weighted by Gasteiger charge is -2.07. The van der Waals surface area contributed by atoms with Gasteiger partial charge in [0.2, 0.25) is 5.91 Å². The first-order valence-corrected chi connectivity index (χ1v) is 5.83. The number of carbonyl (C=O) groups is 2. The fourth-order valence-corrected chi connectivity index (χ4v) is 1.24. The number of hydrogen-bond acceptors (Lipinski definition) is 4. The van der Waals surface area contributed by atoms with Crippen molar-refractivity contribution in [2.24, 2.45) is 0 Å². The van der Waals surface area contributed by atoms with Crippen molar-refractivity contribution in [2.45, 2.75) is 19.8 Å². The molecule has 0 radical (unpaired) electrons. The van der Waals surface area contributed by atoms with Crippen molar-refractivity contribution in [3.8, 4) is 0 Å². The Morgan fingerprint density at radius 2 is 2.06 bits per heavy atom. The van der Waals surface area contributed by atoms with Gasteiger partial charge in [-0.3, -0.25) is 15.1 Å². The lowest BCUT2D eigenvalue weighted by Crippen LogP contribution is -2.28. The van der Waals surface area contributed by atoms with Gasteiger partial charge >= 0.3 is 6.09 Å². The van der Waals surface area contributed by atoms with E-state index in [1.54, 1.807) is 24.5 Å². The van der Waals surface area contributed by atoms with Gasteiger partial charge < -0.3 is 10.1 Å². The second-order valence-electron chi connectivity index (χ2n) is 3.60. The number of nitrogens with zero attached hydrogens (tertiary/aromatic N) is 1. The maximum Gasteiger partial charge on any atom is 0.411 e. The smallest absolute Gasteiger partial charge is 0.411 e. The van der Waals surface area contributed by atoms with Gasteiger partial charge in [0, 0.05) is 24.5 Å². The minimum absolute atomic E-state index is 0.0318. The molecule has 0 atom stereocenters. The second-order valence-corrected chi connectivity index (χ2v) is 3.60. The summed E-state index contributed by atoms with van der Waals surface area (Å²) in [5, 5.41) is 5.19. The highest BCUT2D eigenvalue weighted by molar-refractivity contribution is 5.84. The third-order valence-corrected chi connectivity index (χ3v) is 2.06. The van der Waals surface area contributed by atoms with Crippen LogP contribution < -0.4 is 10.6 Å². The molecule has 0 saturated carbocycles. The maximum absolute atomic E-state index is 11.3. The molecular formula is C12H17N3O3. The molecule has 0 aliphatic carbocycles. The first-order chi connectivity index (χ1) is 8.72. The number of pyridine rings is 1. The molecule has 1 aromatic rings. The zero-order valence-electron chi connectivity index (χ0n) is 10.3. The van der Waals surface area contributed by atoms with E-state index in [4.69, 9.17) is 4.74 Å². The normalized spacial score (nSPS) is 9.61. The lowest BCUT2D eigenvalue weighted by molar-refractivity contribution is -0.121. The highest BCUT2D eigenvalue weighted by Gasteiger charge is 2.03. The molecule has 0 aliphatic rings.